The van der Waals surface area contributed by atoms with Crippen molar-refractivity contribution in [3.63, 3.8) is 0 Å². The second kappa shape index (κ2) is 14.7. The molecule has 45 heavy (non-hydrogen) atoms. The second-order valence-electron chi connectivity index (χ2n) is 11.5. The van der Waals surface area contributed by atoms with E-state index in [4.69, 9.17) is 34.8 Å². The number of nitrogens with zero attached hydrogens (tertiary/aromatic N) is 2. The lowest BCUT2D eigenvalue weighted by Gasteiger charge is -2.35. The number of halogens is 3. The number of para-hydroxylation sites is 1. The standard InChI is InChI=1S/C34H34Cl3N3O4S/c1-34(2,3)38-33(42)31(20-24-10-6-4-7-11-24)39(22-25-14-15-27(36)21-30(25)37)32(41)23-40(28-12-8-5-9-13-28)45(43,44)29-18-16-26(35)17-19-29/h4-19,21,31H,20,22-23H2,1-3H3,(H,38,42)/t31-/m1/s1. The molecule has 2 amide bonds. The lowest BCUT2D eigenvalue weighted by Crippen LogP contribution is -2.56. The first-order valence-electron chi connectivity index (χ1n) is 14.2. The highest BCUT2D eigenvalue weighted by atomic mass is 35.5. The van der Waals surface area contributed by atoms with Gasteiger partial charge in [-0.2, -0.15) is 0 Å². The van der Waals surface area contributed by atoms with Crippen LogP contribution in [0.1, 0.15) is 31.9 Å². The van der Waals surface area contributed by atoms with Crippen LogP contribution in [-0.4, -0.2) is 43.3 Å². The quantitative estimate of drug-likeness (QED) is 0.178. The molecule has 7 nitrogen and oxygen atoms in total. The summed E-state index contributed by atoms with van der Waals surface area (Å²) in [5.41, 5.74) is 1.04. The van der Waals surface area contributed by atoms with Crippen molar-refractivity contribution in [1.82, 2.24) is 10.2 Å². The van der Waals surface area contributed by atoms with Crippen LogP contribution in [0.15, 0.2) is 108 Å². The molecule has 0 spiro atoms. The summed E-state index contributed by atoms with van der Waals surface area (Å²) >= 11 is 18.7. The Kier molecular flexibility index (Phi) is 11.2. The van der Waals surface area contributed by atoms with E-state index in [1.165, 1.54) is 29.2 Å². The topological polar surface area (TPSA) is 86.8 Å². The van der Waals surface area contributed by atoms with Crippen LogP contribution in [0.5, 0.6) is 0 Å². The van der Waals surface area contributed by atoms with Crippen LogP contribution in [0.2, 0.25) is 15.1 Å². The summed E-state index contributed by atoms with van der Waals surface area (Å²) < 4.78 is 29.1. The van der Waals surface area contributed by atoms with Gasteiger partial charge in [-0.05, 0) is 80.4 Å². The molecule has 4 aromatic rings. The molecule has 0 saturated carbocycles. The van der Waals surface area contributed by atoms with Crippen LogP contribution >= 0.6 is 34.8 Å². The van der Waals surface area contributed by atoms with Crippen LogP contribution < -0.4 is 9.62 Å². The van der Waals surface area contributed by atoms with Crippen molar-refractivity contribution in [2.75, 3.05) is 10.8 Å². The van der Waals surface area contributed by atoms with Gasteiger partial charge >= 0.3 is 0 Å². The van der Waals surface area contributed by atoms with Crippen molar-refractivity contribution in [2.24, 2.45) is 0 Å². The predicted octanol–water partition coefficient (Wildman–Crippen LogP) is 7.40. The highest BCUT2D eigenvalue weighted by molar-refractivity contribution is 7.92. The molecule has 11 heteroatoms. The second-order valence-corrected chi connectivity index (χ2v) is 14.6. The minimum Gasteiger partial charge on any atom is -0.350 e. The average Bonchev–Trinajstić information content (AvgIpc) is 2.98. The molecule has 0 aliphatic heterocycles. The number of hydrogen-bond acceptors (Lipinski definition) is 4. The van der Waals surface area contributed by atoms with E-state index in [-0.39, 0.29) is 23.5 Å². The van der Waals surface area contributed by atoms with Gasteiger partial charge in [0, 0.05) is 33.6 Å². The van der Waals surface area contributed by atoms with Gasteiger partial charge in [-0.25, -0.2) is 8.42 Å². The summed E-state index contributed by atoms with van der Waals surface area (Å²) in [6.45, 7) is 4.88. The summed E-state index contributed by atoms with van der Waals surface area (Å²) in [6.07, 6.45) is 0.176. The van der Waals surface area contributed by atoms with Gasteiger partial charge in [0.15, 0.2) is 0 Å². The van der Waals surface area contributed by atoms with Crippen molar-refractivity contribution < 1.29 is 18.0 Å². The van der Waals surface area contributed by atoms with E-state index in [0.717, 1.165) is 9.87 Å². The SMILES string of the molecule is CC(C)(C)NC(=O)[C@@H](Cc1ccccc1)N(Cc1ccc(Cl)cc1Cl)C(=O)CN(c1ccccc1)S(=O)(=O)c1ccc(Cl)cc1. The molecule has 4 rings (SSSR count). The molecule has 1 atom stereocenters. The average molecular weight is 687 g/mol. The molecule has 1 N–H and O–H groups in total. The van der Waals surface area contributed by atoms with Gasteiger partial charge in [-0.1, -0.05) is 89.4 Å². The highest BCUT2D eigenvalue weighted by Crippen LogP contribution is 2.28. The minimum absolute atomic E-state index is 0.0397. The number of hydrogen-bond donors (Lipinski definition) is 1. The number of sulfonamides is 1. The molecule has 0 aromatic heterocycles. The summed E-state index contributed by atoms with van der Waals surface area (Å²) in [5.74, 6) is -0.996. The molecule has 0 heterocycles. The molecule has 0 saturated heterocycles. The summed E-state index contributed by atoms with van der Waals surface area (Å²) in [7, 11) is -4.24. The van der Waals surface area contributed by atoms with Crippen LogP contribution in [0.25, 0.3) is 0 Å². The van der Waals surface area contributed by atoms with Gasteiger partial charge in [0.25, 0.3) is 10.0 Å². The zero-order valence-corrected chi connectivity index (χ0v) is 28.2. The van der Waals surface area contributed by atoms with Crippen molar-refractivity contribution >= 4 is 62.3 Å². The largest absolute Gasteiger partial charge is 0.350 e. The first-order chi connectivity index (χ1) is 21.2. The number of amides is 2. The fraction of sp³-hybridized carbons (Fsp3) is 0.235. The Hall–Kier alpha value is -3.56. The third-order valence-corrected chi connectivity index (χ3v) is 9.48. The Morgan fingerprint density at radius 3 is 1.96 bits per heavy atom. The van der Waals surface area contributed by atoms with Gasteiger partial charge in [0.1, 0.15) is 12.6 Å². The monoisotopic (exact) mass is 685 g/mol. The van der Waals surface area contributed by atoms with E-state index >= 15 is 0 Å². The number of carbonyl (C=O) groups is 2. The number of nitrogens with one attached hydrogen (secondary N) is 1. The Morgan fingerprint density at radius 1 is 0.800 bits per heavy atom. The molecule has 0 radical (unpaired) electrons. The van der Waals surface area contributed by atoms with Crippen LogP contribution in [-0.2, 0) is 32.6 Å². The molecular weight excluding hydrogens is 653 g/mol. The summed E-state index contributed by atoms with van der Waals surface area (Å²) in [4.78, 5) is 29.8. The van der Waals surface area contributed by atoms with E-state index in [0.29, 0.717) is 20.6 Å². The lowest BCUT2D eigenvalue weighted by molar-refractivity contribution is -0.140. The van der Waals surface area contributed by atoms with E-state index < -0.39 is 40.0 Å². The van der Waals surface area contributed by atoms with Crippen molar-refractivity contribution in [3.05, 3.63) is 129 Å². The lowest BCUT2D eigenvalue weighted by atomic mass is 10.0. The fourth-order valence-electron chi connectivity index (χ4n) is 4.70. The minimum atomic E-state index is -4.24. The van der Waals surface area contributed by atoms with Gasteiger partial charge in [0.2, 0.25) is 11.8 Å². The molecule has 236 valence electrons. The summed E-state index contributed by atoms with van der Waals surface area (Å²) in [5, 5.41) is 4.09. The molecule has 0 bridgehead atoms. The normalized spacial score (nSPS) is 12.3. The Balaban J connectivity index is 1.82. The van der Waals surface area contributed by atoms with Crippen molar-refractivity contribution in [1.29, 1.82) is 0 Å². The molecular formula is C34H34Cl3N3O4S. The number of carbonyl (C=O) groups excluding carboxylic acids is 2. The fourth-order valence-corrected chi connectivity index (χ4v) is 6.71. The van der Waals surface area contributed by atoms with Gasteiger partial charge in [-0.15, -0.1) is 0 Å². The molecule has 0 fully saturated rings. The van der Waals surface area contributed by atoms with Crippen molar-refractivity contribution in [3.8, 4) is 0 Å². The van der Waals surface area contributed by atoms with Gasteiger partial charge < -0.3 is 10.2 Å². The zero-order chi connectivity index (χ0) is 32.8. The van der Waals surface area contributed by atoms with Gasteiger partial charge in [0.05, 0.1) is 10.6 Å². The number of benzene rings is 4. The summed E-state index contributed by atoms with van der Waals surface area (Å²) in [6, 6.07) is 27.2. The molecule has 0 aliphatic rings. The maximum Gasteiger partial charge on any atom is 0.264 e. The first-order valence-corrected chi connectivity index (χ1v) is 16.7. The Labute approximate surface area is 279 Å². The molecule has 0 unspecified atom stereocenters. The van der Waals surface area contributed by atoms with E-state index in [1.54, 1.807) is 48.5 Å². The van der Waals surface area contributed by atoms with Crippen LogP contribution in [0.3, 0.4) is 0 Å². The smallest absolute Gasteiger partial charge is 0.264 e. The van der Waals surface area contributed by atoms with E-state index in [9.17, 15) is 18.0 Å². The maximum atomic E-state index is 14.5. The first kappa shape index (κ1) is 34.3. The Morgan fingerprint density at radius 2 is 1.38 bits per heavy atom. The van der Waals surface area contributed by atoms with Gasteiger partial charge in [-0.3, -0.25) is 13.9 Å². The molecule has 4 aromatic carbocycles. The zero-order valence-electron chi connectivity index (χ0n) is 25.1. The third-order valence-electron chi connectivity index (χ3n) is 6.85. The number of anilines is 1. The highest BCUT2D eigenvalue weighted by Gasteiger charge is 2.36. The Bertz CT molecular complexity index is 1730. The van der Waals surface area contributed by atoms with E-state index in [2.05, 4.69) is 5.32 Å². The maximum absolute atomic E-state index is 14.5. The van der Waals surface area contributed by atoms with E-state index in [1.807, 2.05) is 51.1 Å². The third kappa shape index (κ3) is 9.23. The molecule has 0 aliphatic carbocycles. The van der Waals surface area contributed by atoms with Crippen LogP contribution in [0.4, 0.5) is 5.69 Å². The predicted molar refractivity (Wildman–Crippen MR) is 181 cm³/mol. The van der Waals surface area contributed by atoms with Crippen molar-refractivity contribution in [2.45, 2.75) is 50.2 Å². The van der Waals surface area contributed by atoms with Crippen LogP contribution in [0, 0.1) is 0 Å². The number of rotatable bonds is 11.